The second-order valence-electron chi connectivity index (χ2n) is 15.0. The molecule has 0 amide bonds. The molecule has 282 valence electrons. The number of para-hydroxylation sites is 4. The van der Waals surface area contributed by atoms with Gasteiger partial charge in [-0.25, -0.2) is 9.97 Å². The number of benzene rings is 9. The summed E-state index contributed by atoms with van der Waals surface area (Å²) in [4.78, 5) is 13.2. The largest absolute Gasteiger partial charge is 0.310 e. The van der Waals surface area contributed by atoms with Gasteiger partial charge in [-0.3, -0.25) is 0 Å². The molecule has 2 heterocycles. The summed E-state index contributed by atoms with van der Waals surface area (Å²) in [5.41, 5.74) is 16.6. The van der Waals surface area contributed by atoms with Crippen LogP contribution in [0.2, 0.25) is 0 Å². The first-order valence-corrected chi connectivity index (χ1v) is 20.3. The Kier molecular flexibility index (Phi) is 8.79. The summed E-state index contributed by atoms with van der Waals surface area (Å²) < 4.78 is 2.36. The van der Waals surface area contributed by atoms with E-state index < -0.39 is 0 Å². The zero-order valence-electron chi connectivity index (χ0n) is 32.7. The number of fused-ring (bicyclic) bond motifs is 4. The van der Waals surface area contributed by atoms with Crippen LogP contribution in [0.5, 0.6) is 0 Å². The third-order valence-electron chi connectivity index (χ3n) is 11.4. The maximum Gasteiger partial charge on any atom is 0.0973 e. The maximum absolute atomic E-state index is 5.50. The minimum atomic E-state index is 0.841. The quantitative estimate of drug-likeness (QED) is 0.154. The standard InChI is InChI=1S/C56H38N4/c1-5-17-39(18-6-1)42-21-15-22-43(37-42)48-28-16-29-51-56(48)58-55(54(57-51)40-19-7-2-8-20-40)41-31-33-46(34-32-41)59(44-23-9-3-10-24-44)47-35-36-53-50(38-47)49-27-13-14-30-52(49)60(53)45-25-11-4-12-26-45/h1-38H. The molecule has 0 atom stereocenters. The van der Waals surface area contributed by atoms with Crippen molar-refractivity contribution in [1.29, 1.82) is 0 Å². The number of rotatable bonds is 8. The highest BCUT2D eigenvalue weighted by atomic mass is 15.1. The molecule has 0 radical (unpaired) electrons. The van der Waals surface area contributed by atoms with E-state index in [4.69, 9.17) is 9.97 Å². The van der Waals surface area contributed by atoms with Gasteiger partial charge >= 0.3 is 0 Å². The molecule has 0 unspecified atom stereocenters. The van der Waals surface area contributed by atoms with E-state index in [1.165, 1.54) is 32.9 Å². The van der Waals surface area contributed by atoms with E-state index in [9.17, 15) is 0 Å². The lowest BCUT2D eigenvalue weighted by atomic mass is 9.97. The van der Waals surface area contributed by atoms with E-state index in [2.05, 4.69) is 234 Å². The molecule has 0 aliphatic carbocycles. The van der Waals surface area contributed by atoms with Crippen LogP contribution in [0, 0.1) is 0 Å². The summed E-state index contributed by atoms with van der Waals surface area (Å²) in [7, 11) is 0. The Hall–Kier alpha value is -8.08. The molecule has 0 N–H and O–H groups in total. The second-order valence-corrected chi connectivity index (χ2v) is 15.0. The Morgan fingerprint density at radius 2 is 0.883 bits per heavy atom. The lowest BCUT2D eigenvalue weighted by Crippen LogP contribution is -2.09. The molecule has 0 saturated carbocycles. The van der Waals surface area contributed by atoms with Gasteiger partial charge < -0.3 is 9.47 Å². The number of nitrogens with zero attached hydrogens (tertiary/aromatic N) is 4. The van der Waals surface area contributed by atoms with Crippen LogP contribution in [-0.2, 0) is 0 Å². The summed E-state index contributed by atoms with van der Waals surface area (Å²) in [5.74, 6) is 0. The van der Waals surface area contributed by atoms with Gasteiger partial charge in [0, 0.05) is 50.2 Å². The highest BCUT2D eigenvalue weighted by Gasteiger charge is 2.20. The van der Waals surface area contributed by atoms with Crippen molar-refractivity contribution in [2.24, 2.45) is 0 Å². The maximum atomic E-state index is 5.50. The van der Waals surface area contributed by atoms with Gasteiger partial charge in [0.25, 0.3) is 0 Å². The molecule has 2 aromatic heterocycles. The van der Waals surface area contributed by atoms with E-state index in [1.54, 1.807) is 0 Å². The molecule has 4 nitrogen and oxygen atoms in total. The lowest BCUT2D eigenvalue weighted by Gasteiger charge is -2.26. The van der Waals surface area contributed by atoms with Gasteiger partial charge in [0.15, 0.2) is 0 Å². The van der Waals surface area contributed by atoms with Crippen LogP contribution in [0.4, 0.5) is 17.1 Å². The summed E-state index contributed by atoms with van der Waals surface area (Å²) in [6, 6.07) is 81.4. The van der Waals surface area contributed by atoms with E-state index in [-0.39, 0.29) is 0 Å². The predicted molar refractivity (Wildman–Crippen MR) is 250 cm³/mol. The molecule has 4 heteroatoms. The van der Waals surface area contributed by atoms with Crippen molar-refractivity contribution in [2.45, 2.75) is 0 Å². The highest BCUT2D eigenvalue weighted by Crippen LogP contribution is 2.41. The topological polar surface area (TPSA) is 34.0 Å². The van der Waals surface area contributed by atoms with Crippen molar-refractivity contribution >= 4 is 49.9 Å². The smallest absolute Gasteiger partial charge is 0.0973 e. The first-order valence-electron chi connectivity index (χ1n) is 20.3. The molecule has 0 aliphatic rings. The fourth-order valence-corrected chi connectivity index (χ4v) is 8.55. The van der Waals surface area contributed by atoms with E-state index in [0.29, 0.717) is 0 Å². The van der Waals surface area contributed by atoms with Gasteiger partial charge in [-0.1, -0.05) is 158 Å². The second kappa shape index (κ2) is 15.0. The molecule has 0 saturated heterocycles. The van der Waals surface area contributed by atoms with Crippen LogP contribution in [0.25, 0.3) is 83.3 Å². The van der Waals surface area contributed by atoms with Crippen LogP contribution in [-0.4, -0.2) is 14.5 Å². The van der Waals surface area contributed by atoms with Crippen LogP contribution >= 0.6 is 0 Å². The van der Waals surface area contributed by atoms with Gasteiger partial charge in [-0.2, -0.15) is 0 Å². The Labute approximate surface area is 348 Å². The summed E-state index contributed by atoms with van der Waals surface area (Å²) in [5, 5.41) is 2.42. The van der Waals surface area contributed by atoms with Gasteiger partial charge in [0.2, 0.25) is 0 Å². The molecule has 0 fully saturated rings. The predicted octanol–water partition coefficient (Wildman–Crippen LogP) is 14.9. The van der Waals surface area contributed by atoms with Crippen molar-refractivity contribution in [1.82, 2.24) is 14.5 Å². The number of hydrogen-bond acceptors (Lipinski definition) is 3. The third-order valence-corrected chi connectivity index (χ3v) is 11.4. The molecule has 0 spiro atoms. The number of hydrogen-bond donors (Lipinski definition) is 0. The molecule has 9 aromatic carbocycles. The monoisotopic (exact) mass is 766 g/mol. The zero-order valence-corrected chi connectivity index (χ0v) is 32.7. The average molecular weight is 767 g/mol. The first kappa shape index (κ1) is 35.1. The lowest BCUT2D eigenvalue weighted by molar-refractivity contribution is 1.18. The van der Waals surface area contributed by atoms with Gasteiger partial charge in [0.1, 0.15) is 0 Å². The molecular formula is C56H38N4. The Bertz CT molecular complexity index is 3290. The average Bonchev–Trinajstić information content (AvgIpc) is 3.66. The third kappa shape index (κ3) is 6.28. The van der Waals surface area contributed by atoms with Crippen LogP contribution in [0.3, 0.4) is 0 Å². The van der Waals surface area contributed by atoms with Crippen molar-refractivity contribution in [2.75, 3.05) is 4.90 Å². The van der Waals surface area contributed by atoms with Gasteiger partial charge in [-0.15, -0.1) is 0 Å². The first-order chi connectivity index (χ1) is 29.8. The van der Waals surface area contributed by atoms with E-state index in [0.717, 1.165) is 67.4 Å². The van der Waals surface area contributed by atoms with Gasteiger partial charge in [0.05, 0.1) is 33.5 Å². The van der Waals surface area contributed by atoms with Crippen molar-refractivity contribution in [3.05, 3.63) is 231 Å². The Balaban J connectivity index is 1.05. The van der Waals surface area contributed by atoms with Crippen LogP contribution in [0.1, 0.15) is 0 Å². The molecule has 0 aliphatic heterocycles. The molecule has 0 bridgehead atoms. The van der Waals surface area contributed by atoms with Crippen molar-refractivity contribution < 1.29 is 0 Å². The summed E-state index contributed by atoms with van der Waals surface area (Å²) in [6.45, 7) is 0. The fourth-order valence-electron chi connectivity index (χ4n) is 8.55. The fraction of sp³-hybridized carbons (Fsp3) is 0. The van der Waals surface area contributed by atoms with Gasteiger partial charge in [-0.05, 0) is 89.5 Å². The Morgan fingerprint density at radius 1 is 0.333 bits per heavy atom. The number of aromatic nitrogens is 3. The molecule has 11 aromatic rings. The summed E-state index contributed by atoms with van der Waals surface area (Å²) >= 11 is 0. The minimum absolute atomic E-state index is 0.841. The normalized spacial score (nSPS) is 11.3. The SMILES string of the molecule is c1ccc(-c2cccc(-c3cccc4nc(-c5ccccc5)c(-c5ccc(N(c6ccccc6)c6ccc7c(c6)c6ccccc6n7-c6ccccc6)cc5)nc34)c2)cc1. The molecule has 11 rings (SSSR count). The summed E-state index contributed by atoms with van der Waals surface area (Å²) in [6.07, 6.45) is 0. The minimum Gasteiger partial charge on any atom is -0.310 e. The van der Waals surface area contributed by atoms with Crippen molar-refractivity contribution in [3.8, 4) is 50.5 Å². The Morgan fingerprint density at radius 3 is 1.65 bits per heavy atom. The van der Waals surface area contributed by atoms with Crippen LogP contribution in [0.15, 0.2) is 231 Å². The molecular weight excluding hydrogens is 729 g/mol. The van der Waals surface area contributed by atoms with E-state index in [1.807, 2.05) is 6.07 Å². The van der Waals surface area contributed by atoms with Crippen LogP contribution < -0.4 is 4.90 Å². The van der Waals surface area contributed by atoms with E-state index >= 15 is 0 Å². The zero-order chi connectivity index (χ0) is 39.8. The van der Waals surface area contributed by atoms with Crippen molar-refractivity contribution in [3.63, 3.8) is 0 Å². The highest BCUT2D eigenvalue weighted by molar-refractivity contribution is 6.10. The molecule has 60 heavy (non-hydrogen) atoms. The number of anilines is 3.